The predicted molar refractivity (Wildman–Crippen MR) is 60.8 cm³/mol. The molecule has 0 aromatic heterocycles. The van der Waals surface area contributed by atoms with Crippen LogP contribution < -0.4 is 5.73 Å². The topological polar surface area (TPSA) is 26.0 Å². The summed E-state index contributed by atoms with van der Waals surface area (Å²) in [6.07, 6.45) is 0. The van der Waals surface area contributed by atoms with Gasteiger partial charge in [-0.15, -0.1) is 0 Å². The number of hydrogen-bond donors (Lipinski definition) is 1. The molecule has 0 spiro atoms. The minimum atomic E-state index is 0.874. The summed E-state index contributed by atoms with van der Waals surface area (Å²) >= 11 is 3.50. The number of rotatable bonds is 0. The first-order chi connectivity index (χ1) is 6.20. The monoisotopic (exact) mass is 235 g/mol. The number of anilines is 1. The molecule has 2 aromatic rings. The zero-order valence-corrected chi connectivity index (χ0v) is 8.93. The summed E-state index contributed by atoms with van der Waals surface area (Å²) in [6.45, 7) is 2.02. The fourth-order valence-electron chi connectivity index (χ4n) is 1.45. The van der Waals surface area contributed by atoms with E-state index in [1.165, 1.54) is 5.39 Å². The highest BCUT2D eigenvalue weighted by Gasteiger charge is 2.02. The predicted octanol–water partition coefficient (Wildman–Crippen LogP) is 3.49. The maximum absolute atomic E-state index is 5.97. The molecule has 0 saturated carbocycles. The van der Waals surface area contributed by atoms with Gasteiger partial charge in [0.25, 0.3) is 0 Å². The minimum Gasteiger partial charge on any atom is -0.398 e. The highest BCUT2D eigenvalue weighted by molar-refractivity contribution is 9.10. The van der Waals surface area contributed by atoms with Crippen LogP contribution in [0.25, 0.3) is 10.8 Å². The van der Waals surface area contributed by atoms with Crippen LogP contribution in [0.4, 0.5) is 5.69 Å². The molecular formula is C11H10BrN. The smallest absolute Gasteiger partial charge is 0.0423 e. The van der Waals surface area contributed by atoms with E-state index in [1.54, 1.807) is 0 Å². The van der Waals surface area contributed by atoms with Crippen molar-refractivity contribution in [3.05, 3.63) is 40.4 Å². The Morgan fingerprint density at radius 1 is 1.08 bits per heavy atom. The first-order valence-electron chi connectivity index (χ1n) is 4.13. The first-order valence-corrected chi connectivity index (χ1v) is 4.93. The van der Waals surface area contributed by atoms with E-state index in [0.29, 0.717) is 0 Å². The normalized spacial score (nSPS) is 10.6. The van der Waals surface area contributed by atoms with E-state index in [2.05, 4.69) is 22.0 Å². The third-order valence-electron chi connectivity index (χ3n) is 2.27. The third-order valence-corrected chi connectivity index (χ3v) is 2.96. The summed E-state index contributed by atoms with van der Waals surface area (Å²) in [5, 5.41) is 2.29. The largest absolute Gasteiger partial charge is 0.398 e. The van der Waals surface area contributed by atoms with Crippen LogP contribution in [0.2, 0.25) is 0 Å². The number of hydrogen-bond acceptors (Lipinski definition) is 1. The molecule has 2 N–H and O–H groups in total. The fourth-order valence-corrected chi connectivity index (χ4v) is 1.95. The van der Waals surface area contributed by atoms with E-state index >= 15 is 0 Å². The van der Waals surface area contributed by atoms with Crippen molar-refractivity contribution in [1.29, 1.82) is 0 Å². The van der Waals surface area contributed by atoms with Crippen molar-refractivity contribution in [1.82, 2.24) is 0 Å². The van der Waals surface area contributed by atoms with Crippen LogP contribution in [0.5, 0.6) is 0 Å². The summed E-state index contributed by atoms with van der Waals surface area (Å²) in [5.41, 5.74) is 7.97. The number of nitrogens with two attached hydrogens (primary N) is 1. The molecule has 13 heavy (non-hydrogen) atoms. The Bertz CT molecular complexity index is 463. The van der Waals surface area contributed by atoms with E-state index < -0.39 is 0 Å². The van der Waals surface area contributed by atoms with Gasteiger partial charge in [0.2, 0.25) is 0 Å². The van der Waals surface area contributed by atoms with Crippen LogP contribution in [-0.2, 0) is 0 Å². The average Bonchev–Trinajstić information content (AvgIpc) is 2.12. The quantitative estimate of drug-likeness (QED) is 0.696. The number of nitrogen functional groups attached to an aromatic ring is 1. The van der Waals surface area contributed by atoms with Crippen molar-refractivity contribution in [3.63, 3.8) is 0 Å². The molecule has 0 saturated heterocycles. The van der Waals surface area contributed by atoms with E-state index in [9.17, 15) is 0 Å². The molecule has 0 aliphatic rings. The molecule has 0 atom stereocenters. The third kappa shape index (κ3) is 1.31. The maximum Gasteiger partial charge on any atom is 0.0423 e. The lowest BCUT2D eigenvalue weighted by Gasteiger charge is -2.06. The van der Waals surface area contributed by atoms with E-state index in [4.69, 9.17) is 5.73 Å². The standard InChI is InChI=1S/C11H10BrN/c1-7-5-6-8-9(11(7)13)3-2-4-10(8)12/h2-6H,13H2,1H3. The number of aryl methyl sites for hydroxylation is 1. The fraction of sp³-hybridized carbons (Fsp3) is 0.0909. The second kappa shape index (κ2) is 3.04. The van der Waals surface area contributed by atoms with E-state index in [1.807, 2.05) is 31.2 Å². The summed E-state index contributed by atoms with van der Waals surface area (Å²) in [6, 6.07) is 10.2. The average molecular weight is 236 g/mol. The van der Waals surface area contributed by atoms with Gasteiger partial charge in [0.05, 0.1) is 0 Å². The Hall–Kier alpha value is -1.02. The summed E-state index contributed by atoms with van der Waals surface area (Å²) in [7, 11) is 0. The van der Waals surface area contributed by atoms with Crippen molar-refractivity contribution >= 4 is 32.4 Å². The van der Waals surface area contributed by atoms with Crippen molar-refractivity contribution in [2.45, 2.75) is 6.92 Å². The van der Waals surface area contributed by atoms with Crippen molar-refractivity contribution < 1.29 is 0 Å². The SMILES string of the molecule is Cc1ccc2c(Br)cccc2c1N. The second-order valence-corrected chi connectivity index (χ2v) is 3.99. The van der Waals surface area contributed by atoms with E-state index in [-0.39, 0.29) is 0 Å². The zero-order valence-electron chi connectivity index (χ0n) is 7.34. The molecule has 2 rings (SSSR count). The molecule has 0 heterocycles. The maximum atomic E-state index is 5.97. The van der Waals surface area contributed by atoms with Gasteiger partial charge in [0.15, 0.2) is 0 Å². The lowest BCUT2D eigenvalue weighted by molar-refractivity contribution is 1.50. The van der Waals surface area contributed by atoms with Crippen LogP contribution in [0.15, 0.2) is 34.8 Å². The molecule has 0 aliphatic carbocycles. The molecule has 66 valence electrons. The molecule has 2 aromatic carbocycles. The van der Waals surface area contributed by atoms with Gasteiger partial charge in [0.1, 0.15) is 0 Å². The second-order valence-electron chi connectivity index (χ2n) is 3.13. The van der Waals surface area contributed by atoms with Gasteiger partial charge in [-0.05, 0) is 23.9 Å². The van der Waals surface area contributed by atoms with Gasteiger partial charge < -0.3 is 5.73 Å². The van der Waals surface area contributed by atoms with Gasteiger partial charge >= 0.3 is 0 Å². The molecule has 0 unspecified atom stereocenters. The van der Waals surface area contributed by atoms with Gasteiger partial charge in [-0.25, -0.2) is 0 Å². The van der Waals surface area contributed by atoms with Crippen LogP contribution in [0.3, 0.4) is 0 Å². The van der Waals surface area contributed by atoms with Gasteiger partial charge in [0, 0.05) is 15.5 Å². The Balaban J connectivity index is 2.94. The lowest BCUT2D eigenvalue weighted by Crippen LogP contribution is -1.90. The molecule has 2 heteroatoms. The Morgan fingerprint density at radius 2 is 1.85 bits per heavy atom. The Labute approximate surface area is 85.7 Å². The Morgan fingerprint density at radius 3 is 2.62 bits per heavy atom. The summed E-state index contributed by atoms with van der Waals surface area (Å²) in [5.74, 6) is 0. The molecule has 0 radical (unpaired) electrons. The van der Waals surface area contributed by atoms with Crippen LogP contribution >= 0.6 is 15.9 Å². The van der Waals surface area contributed by atoms with Gasteiger partial charge in [-0.2, -0.15) is 0 Å². The molecule has 1 nitrogen and oxygen atoms in total. The molecule has 0 aliphatic heterocycles. The van der Waals surface area contributed by atoms with Gasteiger partial charge in [-0.1, -0.05) is 40.2 Å². The molecule has 0 bridgehead atoms. The lowest BCUT2D eigenvalue weighted by atomic mass is 10.1. The first kappa shape index (κ1) is 8.57. The van der Waals surface area contributed by atoms with Crippen LogP contribution in [0.1, 0.15) is 5.56 Å². The molecular weight excluding hydrogens is 226 g/mol. The zero-order chi connectivity index (χ0) is 9.42. The van der Waals surface area contributed by atoms with Gasteiger partial charge in [-0.3, -0.25) is 0 Å². The highest BCUT2D eigenvalue weighted by Crippen LogP contribution is 2.29. The molecule has 0 fully saturated rings. The van der Waals surface area contributed by atoms with Crippen molar-refractivity contribution in [3.8, 4) is 0 Å². The van der Waals surface area contributed by atoms with Crippen molar-refractivity contribution in [2.75, 3.05) is 5.73 Å². The van der Waals surface area contributed by atoms with E-state index in [0.717, 1.165) is 21.1 Å². The van der Waals surface area contributed by atoms with Crippen LogP contribution in [-0.4, -0.2) is 0 Å². The van der Waals surface area contributed by atoms with Crippen LogP contribution in [0, 0.1) is 6.92 Å². The number of fused-ring (bicyclic) bond motifs is 1. The number of halogens is 1. The van der Waals surface area contributed by atoms with Crippen molar-refractivity contribution in [2.24, 2.45) is 0 Å². The summed E-state index contributed by atoms with van der Waals surface area (Å²) < 4.78 is 1.09. The molecule has 0 amide bonds. The number of benzene rings is 2. The highest BCUT2D eigenvalue weighted by atomic mass is 79.9. The minimum absolute atomic E-state index is 0.874. The Kier molecular flexibility index (Phi) is 2.00. The summed E-state index contributed by atoms with van der Waals surface area (Å²) in [4.78, 5) is 0.